The van der Waals surface area contributed by atoms with Crippen LogP contribution >= 0.6 is 23.1 Å². The van der Waals surface area contributed by atoms with Gasteiger partial charge in [0, 0.05) is 11.9 Å². The van der Waals surface area contributed by atoms with E-state index in [1.165, 1.54) is 0 Å². The molecule has 6 heteroatoms. The van der Waals surface area contributed by atoms with E-state index in [1.54, 1.807) is 6.92 Å². The number of hydrogen-bond acceptors (Lipinski definition) is 4. The lowest BCUT2D eigenvalue weighted by Gasteiger charge is -2.11. The Morgan fingerprint density at radius 2 is 2.40 bits per heavy atom. The standard InChI is InChI=1S/C9H14ClN3OS/c1-6(4-3-5-10)11-9(14)8-7(2)12-13-15-8/h6H,3-5H2,1-2H3,(H,11,14). The Hall–Kier alpha value is -0.680. The van der Waals surface area contributed by atoms with E-state index in [1.807, 2.05) is 6.92 Å². The van der Waals surface area contributed by atoms with Crippen molar-refractivity contribution in [3.05, 3.63) is 10.6 Å². The van der Waals surface area contributed by atoms with E-state index >= 15 is 0 Å². The Morgan fingerprint density at radius 3 is 2.93 bits per heavy atom. The fraction of sp³-hybridized carbons (Fsp3) is 0.667. The van der Waals surface area contributed by atoms with Crippen LogP contribution in [0.2, 0.25) is 0 Å². The average Bonchev–Trinajstić information content (AvgIpc) is 2.61. The van der Waals surface area contributed by atoms with E-state index in [2.05, 4.69) is 14.9 Å². The van der Waals surface area contributed by atoms with Gasteiger partial charge < -0.3 is 5.32 Å². The van der Waals surface area contributed by atoms with Crippen molar-refractivity contribution in [2.24, 2.45) is 0 Å². The number of carbonyl (C=O) groups is 1. The topological polar surface area (TPSA) is 54.9 Å². The van der Waals surface area contributed by atoms with E-state index in [9.17, 15) is 4.79 Å². The van der Waals surface area contributed by atoms with Crippen molar-refractivity contribution in [2.45, 2.75) is 32.7 Å². The van der Waals surface area contributed by atoms with Crippen LogP contribution in [0.4, 0.5) is 0 Å². The molecular weight excluding hydrogens is 234 g/mol. The number of hydrogen-bond donors (Lipinski definition) is 1. The van der Waals surface area contributed by atoms with Gasteiger partial charge in [-0.3, -0.25) is 4.79 Å². The molecule has 0 aliphatic heterocycles. The van der Waals surface area contributed by atoms with Crippen molar-refractivity contribution in [1.29, 1.82) is 0 Å². The van der Waals surface area contributed by atoms with Gasteiger partial charge in [0.2, 0.25) is 0 Å². The molecule has 0 spiro atoms. The Labute approximate surface area is 98.2 Å². The molecule has 1 amide bonds. The lowest BCUT2D eigenvalue weighted by molar-refractivity contribution is 0.0941. The van der Waals surface area contributed by atoms with Crippen molar-refractivity contribution in [2.75, 3.05) is 5.88 Å². The van der Waals surface area contributed by atoms with E-state index < -0.39 is 0 Å². The Bertz CT molecular complexity index is 329. The highest BCUT2D eigenvalue weighted by atomic mass is 35.5. The summed E-state index contributed by atoms with van der Waals surface area (Å²) in [4.78, 5) is 12.3. The van der Waals surface area contributed by atoms with Crippen LogP contribution < -0.4 is 5.32 Å². The molecule has 4 nitrogen and oxygen atoms in total. The molecule has 0 aliphatic rings. The highest BCUT2D eigenvalue weighted by molar-refractivity contribution is 7.07. The number of nitrogens with zero attached hydrogens (tertiary/aromatic N) is 2. The molecule has 1 unspecified atom stereocenters. The molecular formula is C9H14ClN3OS. The first-order valence-electron chi connectivity index (χ1n) is 4.81. The molecule has 1 rings (SSSR count). The van der Waals surface area contributed by atoms with E-state index in [0.29, 0.717) is 16.5 Å². The minimum absolute atomic E-state index is 0.0930. The summed E-state index contributed by atoms with van der Waals surface area (Å²) in [6.07, 6.45) is 1.80. The van der Waals surface area contributed by atoms with Crippen LogP contribution in [0.5, 0.6) is 0 Å². The molecule has 1 N–H and O–H groups in total. The van der Waals surface area contributed by atoms with Crippen molar-refractivity contribution >= 4 is 29.0 Å². The summed E-state index contributed by atoms with van der Waals surface area (Å²) in [6, 6.07) is 0.137. The molecule has 0 aromatic carbocycles. The van der Waals surface area contributed by atoms with Crippen molar-refractivity contribution in [3.63, 3.8) is 0 Å². The van der Waals surface area contributed by atoms with Crippen LogP contribution in [0.3, 0.4) is 0 Å². The monoisotopic (exact) mass is 247 g/mol. The third-order valence-electron chi connectivity index (χ3n) is 2.01. The predicted molar refractivity (Wildman–Crippen MR) is 61.5 cm³/mol. The van der Waals surface area contributed by atoms with Gasteiger partial charge in [0.1, 0.15) is 4.88 Å². The second kappa shape index (κ2) is 6.02. The molecule has 0 saturated heterocycles. The Balaban J connectivity index is 2.46. The van der Waals surface area contributed by atoms with Crippen molar-refractivity contribution < 1.29 is 4.79 Å². The zero-order valence-corrected chi connectivity index (χ0v) is 10.4. The first kappa shape index (κ1) is 12.4. The Morgan fingerprint density at radius 1 is 1.67 bits per heavy atom. The van der Waals surface area contributed by atoms with Gasteiger partial charge in [-0.05, 0) is 38.2 Å². The van der Waals surface area contributed by atoms with Gasteiger partial charge in [-0.25, -0.2) is 0 Å². The number of nitrogens with one attached hydrogen (secondary N) is 1. The van der Waals surface area contributed by atoms with Crippen LogP contribution in [0.1, 0.15) is 35.1 Å². The maximum Gasteiger partial charge on any atom is 0.265 e. The lowest BCUT2D eigenvalue weighted by Crippen LogP contribution is -2.32. The summed E-state index contributed by atoms with van der Waals surface area (Å²) in [5, 5.41) is 6.68. The molecule has 1 atom stereocenters. The van der Waals surface area contributed by atoms with Crippen molar-refractivity contribution in [3.8, 4) is 0 Å². The maximum absolute atomic E-state index is 11.7. The summed E-state index contributed by atoms with van der Waals surface area (Å²) in [6.45, 7) is 3.75. The molecule has 84 valence electrons. The fourth-order valence-electron chi connectivity index (χ4n) is 1.18. The highest BCUT2D eigenvalue weighted by Crippen LogP contribution is 2.09. The number of aryl methyl sites for hydroxylation is 1. The largest absolute Gasteiger partial charge is 0.349 e. The molecule has 0 saturated carbocycles. The number of aromatic nitrogens is 2. The highest BCUT2D eigenvalue weighted by Gasteiger charge is 2.14. The molecule has 0 bridgehead atoms. The van der Waals surface area contributed by atoms with Gasteiger partial charge in [0.15, 0.2) is 0 Å². The summed E-state index contributed by atoms with van der Waals surface area (Å²) in [7, 11) is 0. The smallest absolute Gasteiger partial charge is 0.265 e. The summed E-state index contributed by atoms with van der Waals surface area (Å²) in [5.41, 5.74) is 0.682. The summed E-state index contributed by atoms with van der Waals surface area (Å²) in [5.74, 6) is 0.533. The zero-order valence-electron chi connectivity index (χ0n) is 8.79. The normalized spacial score (nSPS) is 12.5. The molecule has 0 aliphatic carbocycles. The number of halogens is 1. The van der Waals surface area contributed by atoms with E-state index in [-0.39, 0.29) is 11.9 Å². The SMILES string of the molecule is Cc1nnsc1C(=O)NC(C)CCCCl. The summed E-state index contributed by atoms with van der Waals surface area (Å²) < 4.78 is 3.72. The van der Waals surface area contributed by atoms with Crippen LogP contribution in [-0.2, 0) is 0 Å². The minimum atomic E-state index is -0.0930. The van der Waals surface area contributed by atoms with Gasteiger partial charge in [-0.15, -0.1) is 16.7 Å². The third kappa shape index (κ3) is 3.76. The molecule has 1 aromatic heterocycles. The maximum atomic E-state index is 11.7. The molecule has 15 heavy (non-hydrogen) atoms. The first-order chi connectivity index (χ1) is 7.15. The second-order valence-corrected chi connectivity index (χ2v) is 4.53. The first-order valence-corrected chi connectivity index (χ1v) is 6.11. The van der Waals surface area contributed by atoms with Crippen LogP contribution in [0, 0.1) is 6.92 Å². The van der Waals surface area contributed by atoms with E-state index in [4.69, 9.17) is 11.6 Å². The number of carbonyl (C=O) groups excluding carboxylic acids is 1. The number of alkyl halides is 1. The summed E-state index contributed by atoms with van der Waals surface area (Å²) >= 11 is 6.70. The van der Waals surface area contributed by atoms with Crippen LogP contribution in [-0.4, -0.2) is 27.4 Å². The van der Waals surface area contributed by atoms with Gasteiger partial charge in [-0.2, -0.15) is 0 Å². The third-order valence-corrected chi connectivity index (χ3v) is 3.10. The van der Waals surface area contributed by atoms with Gasteiger partial charge >= 0.3 is 0 Å². The number of rotatable bonds is 5. The van der Waals surface area contributed by atoms with Crippen molar-refractivity contribution in [1.82, 2.24) is 14.9 Å². The quantitative estimate of drug-likeness (QED) is 0.810. The molecule has 1 heterocycles. The molecule has 0 fully saturated rings. The average molecular weight is 248 g/mol. The van der Waals surface area contributed by atoms with Gasteiger partial charge in [0.05, 0.1) is 5.69 Å². The zero-order chi connectivity index (χ0) is 11.3. The predicted octanol–water partition coefficient (Wildman–Crippen LogP) is 1.98. The minimum Gasteiger partial charge on any atom is -0.349 e. The van der Waals surface area contributed by atoms with Crippen LogP contribution in [0.25, 0.3) is 0 Å². The van der Waals surface area contributed by atoms with Gasteiger partial charge in [-0.1, -0.05) is 4.49 Å². The Kier molecular flexibility index (Phi) is 4.98. The second-order valence-electron chi connectivity index (χ2n) is 3.39. The van der Waals surface area contributed by atoms with Crippen LogP contribution in [0.15, 0.2) is 0 Å². The van der Waals surface area contributed by atoms with E-state index in [0.717, 1.165) is 24.4 Å². The molecule has 0 radical (unpaired) electrons. The molecule has 1 aromatic rings. The fourth-order valence-corrected chi connectivity index (χ4v) is 1.90. The van der Waals surface area contributed by atoms with Gasteiger partial charge in [0.25, 0.3) is 5.91 Å². The lowest BCUT2D eigenvalue weighted by atomic mass is 10.2. The number of amides is 1.